The Morgan fingerprint density at radius 1 is 1.06 bits per heavy atom. The van der Waals surface area contributed by atoms with Gasteiger partial charge in [-0.15, -0.1) is 10.2 Å². The van der Waals surface area contributed by atoms with E-state index in [0.29, 0.717) is 34.5 Å². The lowest BCUT2D eigenvalue weighted by Crippen LogP contribution is -2.20. The molecule has 0 aliphatic heterocycles. The second-order valence-corrected chi connectivity index (χ2v) is 9.86. The van der Waals surface area contributed by atoms with Gasteiger partial charge in [-0.05, 0) is 30.0 Å². The van der Waals surface area contributed by atoms with Gasteiger partial charge in [-0.2, -0.15) is 5.10 Å². The van der Waals surface area contributed by atoms with Crippen molar-refractivity contribution >= 4 is 23.9 Å². The van der Waals surface area contributed by atoms with Crippen LogP contribution in [-0.2, 0) is 16.8 Å². The molecule has 9 nitrogen and oxygen atoms in total. The van der Waals surface area contributed by atoms with Crippen molar-refractivity contribution in [2.75, 3.05) is 27.1 Å². The summed E-state index contributed by atoms with van der Waals surface area (Å²) in [4.78, 5) is 12.4. The molecule has 2 aromatic carbocycles. The van der Waals surface area contributed by atoms with Gasteiger partial charge in [-0.25, -0.2) is 5.43 Å². The van der Waals surface area contributed by atoms with Gasteiger partial charge in [0.2, 0.25) is 5.75 Å². The predicted octanol–water partition coefficient (Wildman–Crippen LogP) is 4.53. The molecule has 0 unspecified atom stereocenters. The molecule has 0 atom stereocenters. The monoisotopic (exact) mass is 511 g/mol. The van der Waals surface area contributed by atoms with Crippen LogP contribution in [0.4, 0.5) is 0 Å². The maximum absolute atomic E-state index is 12.4. The third-order valence-electron chi connectivity index (χ3n) is 5.46. The molecule has 0 saturated carbocycles. The van der Waals surface area contributed by atoms with Crippen LogP contribution < -0.4 is 19.6 Å². The van der Waals surface area contributed by atoms with E-state index in [1.54, 1.807) is 26.4 Å². The summed E-state index contributed by atoms with van der Waals surface area (Å²) in [5.41, 5.74) is 5.55. The lowest BCUT2D eigenvalue weighted by atomic mass is 9.87. The Balaban J connectivity index is 1.64. The molecule has 3 rings (SSSR count). The van der Waals surface area contributed by atoms with Crippen molar-refractivity contribution in [3.63, 3.8) is 0 Å². The number of hydrogen-bond acceptors (Lipinski definition) is 8. The molecule has 0 aliphatic carbocycles. The summed E-state index contributed by atoms with van der Waals surface area (Å²) in [6.45, 7) is 9.27. The number of carbonyl (C=O) groups is 1. The van der Waals surface area contributed by atoms with Crippen LogP contribution in [0.3, 0.4) is 0 Å². The molecule has 36 heavy (non-hydrogen) atoms. The van der Waals surface area contributed by atoms with E-state index in [9.17, 15) is 4.79 Å². The number of amides is 1. The van der Waals surface area contributed by atoms with Crippen molar-refractivity contribution < 1.29 is 19.0 Å². The maximum Gasteiger partial charge on any atom is 0.250 e. The minimum Gasteiger partial charge on any atom is -0.493 e. The van der Waals surface area contributed by atoms with Gasteiger partial charge in [0.1, 0.15) is 0 Å². The number of nitrogens with zero attached hydrogens (tertiary/aromatic N) is 4. The highest BCUT2D eigenvalue weighted by atomic mass is 32.2. The molecule has 1 N–H and O–H groups in total. The summed E-state index contributed by atoms with van der Waals surface area (Å²) in [6.07, 6.45) is 1.51. The lowest BCUT2D eigenvalue weighted by Gasteiger charge is -2.19. The Morgan fingerprint density at radius 2 is 1.69 bits per heavy atom. The number of benzene rings is 2. The third kappa shape index (κ3) is 6.37. The number of nitrogens with one attached hydrogen (secondary N) is 1. The number of aromatic nitrogens is 3. The van der Waals surface area contributed by atoms with Gasteiger partial charge >= 0.3 is 0 Å². The molecular weight excluding hydrogens is 478 g/mol. The molecular formula is C26H33N5O4S. The van der Waals surface area contributed by atoms with Crippen LogP contribution in [0.5, 0.6) is 17.2 Å². The average Bonchev–Trinajstić information content (AvgIpc) is 3.29. The molecule has 0 aliphatic rings. The van der Waals surface area contributed by atoms with E-state index in [2.05, 4.69) is 65.8 Å². The molecule has 0 radical (unpaired) electrons. The first-order valence-corrected chi connectivity index (χ1v) is 12.5. The maximum atomic E-state index is 12.4. The van der Waals surface area contributed by atoms with E-state index >= 15 is 0 Å². The number of rotatable bonds is 10. The number of methoxy groups -OCH3 is 3. The lowest BCUT2D eigenvalue weighted by molar-refractivity contribution is -0.118. The van der Waals surface area contributed by atoms with E-state index in [1.165, 1.54) is 30.6 Å². The fraction of sp³-hybridized carbons (Fsp3) is 0.385. The van der Waals surface area contributed by atoms with Gasteiger partial charge in [0.25, 0.3) is 5.91 Å². The largest absolute Gasteiger partial charge is 0.493 e. The molecule has 10 heteroatoms. The van der Waals surface area contributed by atoms with E-state index in [0.717, 1.165) is 11.4 Å². The van der Waals surface area contributed by atoms with Crippen molar-refractivity contribution in [2.45, 2.75) is 44.8 Å². The molecule has 192 valence electrons. The minimum absolute atomic E-state index is 0.0827. The van der Waals surface area contributed by atoms with E-state index in [4.69, 9.17) is 14.2 Å². The zero-order chi connectivity index (χ0) is 26.3. The van der Waals surface area contributed by atoms with Crippen LogP contribution in [-0.4, -0.2) is 54.0 Å². The van der Waals surface area contributed by atoms with Gasteiger partial charge < -0.3 is 18.8 Å². The summed E-state index contributed by atoms with van der Waals surface area (Å²) < 4.78 is 18.0. The smallest absolute Gasteiger partial charge is 0.250 e. The molecule has 0 saturated heterocycles. The Hall–Kier alpha value is -3.53. The van der Waals surface area contributed by atoms with Gasteiger partial charge in [-0.3, -0.25) is 4.79 Å². The van der Waals surface area contributed by atoms with E-state index in [1.807, 2.05) is 11.5 Å². The third-order valence-corrected chi connectivity index (χ3v) is 6.43. The minimum atomic E-state index is -0.259. The first kappa shape index (κ1) is 27.1. The number of hydrogen-bond donors (Lipinski definition) is 1. The molecule has 0 bridgehead atoms. The SMILES string of the molecule is CCn1c(SCC(=O)N/N=C\c2cc(OC)c(OC)c(OC)c2)nnc1-c1ccc(C(C)(C)C)cc1. The highest BCUT2D eigenvalue weighted by Gasteiger charge is 2.17. The second-order valence-electron chi connectivity index (χ2n) is 8.92. The van der Waals surface area contributed by atoms with Gasteiger partial charge in [0.15, 0.2) is 22.5 Å². The van der Waals surface area contributed by atoms with Crippen LogP contribution in [0.2, 0.25) is 0 Å². The van der Waals surface area contributed by atoms with Crippen molar-refractivity contribution in [2.24, 2.45) is 5.10 Å². The first-order valence-electron chi connectivity index (χ1n) is 11.5. The summed E-state index contributed by atoms with van der Waals surface area (Å²) in [5, 5.41) is 13.4. The summed E-state index contributed by atoms with van der Waals surface area (Å²) >= 11 is 1.31. The molecule has 1 heterocycles. The summed E-state index contributed by atoms with van der Waals surface area (Å²) in [6, 6.07) is 11.9. The van der Waals surface area contributed by atoms with Crippen LogP contribution in [0, 0.1) is 0 Å². The van der Waals surface area contributed by atoms with Crippen LogP contribution in [0.25, 0.3) is 11.4 Å². The average molecular weight is 512 g/mol. The molecule has 0 spiro atoms. The van der Waals surface area contributed by atoms with E-state index < -0.39 is 0 Å². The Morgan fingerprint density at radius 3 is 2.22 bits per heavy atom. The van der Waals surface area contributed by atoms with Gasteiger partial charge in [0, 0.05) is 17.7 Å². The van der Waals surface area contributed by atoms with Gasteiger partial charge in [-0.1, -0.05) is 56.8 Å². The van der Waals surface area contributed by atoms with Crippen LogP contribution in [0.1, 0.15) is 38.8 Å². The number of ether oxygens (including phenoxy) is 3. The number of hydrazone groups is 1. The zero-order valence-corrected chi connectivity index (χ0v) is 22.6. The molecule has 3 aromatic rings. The Bertz CT molecular complexity index is 1190. The van der Waals surface area contributed by atoms with Crippen molar-refractivity contribution in [3.05, 3.63) is 47.5 Å². The van der Waals surface area contributed by atoms with E-state index in [-0.39, 0.29) is 17.1 Å². The normalized spacial score (nSPS) is 11.5. The fourth-order valence-corrected chi connectivity index (χ4v) is 4.33. The summed E-state index contributed by atoms with van der Waals surface area (Å²) in [7, 11) is 4.62. The quantitative estimate of drug-likeness (QED) is 0.242. The fourth-order valence-electron chi connectivity index (χ4n) is 3.53. The van der Waals surface area contributed by atoms with Crippen LogP contribution >= 0.6 is 11.8 Å². The van der Waals surface area contributed by atoms with Crippen molar-refractivity contribution in [1.82, 2.24) is 20.2 Å². The predicted molar refractivity (Wildman–Crippen MR) is 142 cm³/mol. The summed E-state index contributed by atoms with van der Waals surface area (Å²) in [5.74, 6) is 2.16. The van der Waals surface area contributed by atoms with Crippen LogP contribution in [0.15, 0.2) is 46.7 Å². The molecule has 1 amide bonds. The molecule has 0 fully saturated rings. The number of carbonyl (C=O) groups excluding carboxylic acids is 1. The standard InChI is InChI=1S/C26H33N5O4S/c1-8-31-24(18-9-11-19(12-10-18)26(2,3)4)29-30-25(31)36-16-22(32)28-27-15-17-13-20(33-5)23(35-7)21(14-17)34-6/h9-15H,8,16H2,1-7H3,(H,28,32)/b27-15-. The zero-order valence-electron chi connectivity index (χ0n) is 21.8. The van der Waals surface area contributed by atoms with Crippen molar-refractivity contribution in [3.8, 4) is 28.6 Å². The number of thioether (sulfide) groups is 1. The Kier molecular flexibility index (Phi) is 8.98. The highest BCUT2D eigenvalue weighted by molar-refractivity contribution is 7.99. The second kappa shape index (κ2) is 11.9. The first-order chi connectivity index (χ1) is 17.2. The highest BCUT2D eigenvalue weighted by Crippen LogP contribution is 2.37. The Labute approximate surface area is 216 Å². The van der Waals surface area contributed by atoms with Crippen molar-refractivity contribution in [1.29, 1.82) is 0 Å². The topological polar surface area (TPSA) is 99.9 Å². The van der Waals surface area contributed by atoms with Gasteiger partial charge in [0.05, 0.1) is 33.3 Å². The molecule has 1 aromatic heterocycles.